The van der Waals surface area contributed by atoms with Crippen molar-refractivity contribution in [3.8, 4) is 0 Å². The predicted molar refractivity (Wildman–Crippen MR) is 67.3 cm³/mol. The lowest BCUT2D eigenvalue weighted by Gasteiger charge is -2.12. The van der Waals surface area contributed by atoms with Crippen LogP contribution in [0.15, 0.2) is 18.2 Å². The van der Waals surface area contributed by atoms with E-state index in [9.17, 15) is 20.0 Å². The van der Waals surface area contributed by atoms with Crippen LogP contribution in [-0.2, 0) is 0 Å². The third kappa shape index (κ3) is 3.19. The standard InChI is InChI=1S/C12H14N2O5/c15-11(7-1-2-7)6-13-8-3-4-10(14(18)19)9(5-8)12(16)17/h3-5,7,11,13,15H,1-2,6H2,(H,16,17). The molecule has 0 radical (unpaired) electrons. The number of nitro benzene ring substituents is 1. The van der Waals surface area contributed by atoms with E-state index in [1.807, 2.05) is 0 Å². The van der Waals surface area contributed by atoms with Crippen LogP contribution in [0.4, 0.5) is 11.4 Å². The van der Waals surface area contributed by atoms with Gasteiger partial charge in [-0.2, -0.15) is 0 Å². The molecule has 0 saturated heterocycles. The Morgan fingerprint density at radius 3 is 2.74 bits per heavy atom. The highest BCUT2D eigenvalue weighted by Gasteiger charge is 2.29. The summed E-state index contributed by atoms with van der Waals surface area (Å²) < 4.78 is 0. The summed E-state index contributed by atoms with van der Waals surface area (Å²) in [6, 6.07) is 3.79. The SMILES string of the molecule is O=C(O)c1cc(NCC(O)C2CC2)ccc1[N+](=O)[O-]. The maximum absolute atomic E-state index is 11.0. The highest BCUT2D eigenvalue weighted by molar-refractivity contribution is 5.93. The minimum atomic E-state index is -1.35. The molecule has 3 N–H and O–H groups in total. The van der Waals surface area contributed by atoms with E-state index in [1.54, 1.807) is 0 Å². The zero-order valence-corrected chi connectivity index (χ0v) is 10.1. The van der Waals surface area contributed by atoms with Crippen molar-refractivity contribution in [3.63, 3.8) is 0 Å². The Hall–Kier alpha value is -2.15. The van der Waals surface area contributed by atoms with Crippen molar-refractivity contribution in [2.75, 3.05) is 11.9 Å². The first kappa shape index (κ1) is 13.3. The second kappa shape index (κ2) is 5.23. The summed E-state index contributed by atoms with van der Waals surface area (Å²) in [6.07, 6.45) is 1.54. The van der Waals surface area contributed by atoms with E-state index in [4.69, 9.17) is 5.11 Å². The highest BCUT2D eigenvalue weighted by atomic mass is 16.6. The fourth-order valence-electron chi connectivity index (χ4n) is 1.85. The van der Waals surface area contributed by atoms with Gasteiger partial charge in [0.25, 0.3) is 5.69 Å². The maximum atomic E-state index is 11.0. The van der Waals surface area contributed by atoms with E-state index < -0.39 is 22.7 Å². The molecule has 1 fully saturated rings. The molecule has 1 saturated carbocycles. The number of nitro groups is 1. The Labute approximate surface area is 109 Å². The first-order chi connectivity index (χ1) is 8.99. The Bertz CT molecular complexity index is 513. The van der Waals surface area contributed by atoms with Crippen LogP contribution in [0.3, 0.4) is 0 Å². The minimum Gasteiger partial charge on any atom is -0.477 e. The summed E-state index contributed by atoms with van der Waals surface area (Å²) >= 11 is 0. The molecule has 1 aliphatic carbocycles. The van der Waals surface area contributed by atoms with Gasteiger partial charge in [0, 0.05) is 18.3 Å². The van der Waals surface area contributed by atoms with Crippen molar-refractivity contribution in [2.24, 2.45) is 5.92 Å². The summed E-state index contributed by atoms with van der Waals surface area (Å²) in [5.41, 5.74) is -0.362. The second-order valence-corrected chi connectivity index (χ2v) is 4.58. The molecular weight excluding hydrogens is 252 g/mol. The molecular formula is C12H14N2O5. The number of hydrogen-bond donors (Lipinski definition) is 3. The number of carbonyl (C=O) groups is 1. The van der Waals surface area contributed by atoms with Crippen LogP contribution in [0.5, 0.6) is 0 Å². The normalized spacial score (nSPS) is 15.8. The molecule has 0 bridgehead atoms. The van der Waals surface area contributed by atoms with Crippen molar-refractivity contribution in [1.29, 1.82) is 0 Å². The molecule has 0 aliphatic heterocycles. The highest BCUT2D eigenvalue weighted by Crippen LogP contribution is 2.32. The molecule has 7 heteroatoms. The molecule has 2 rings (SSSR count). The van der Waals surface area contributed by atoms with Crippen molar-refractivity contribution < 1.29 is 19.9 Å². The lowest BCUT2D eigenvalue weighted by Crippen LogP contribution is -2.21. The van der Waals surface area contributed by atoms with Gasteiger partial charge in [0.05, 0.1) is 11.0 Å². The van der Waals surface area contributed by atoms with Gasteiger partial charge in [-0.05, 0) is 30.9 Å². The molecule has 1 atom stereocenters. The van der Waals surface area contributed by atoms with E-state index in [-0.39, 0.29) is 5.56 Å². The van der Waals surface area contributed by atoms with E-state index in [1.165, 1.54) is 12.1 Å². The monoisotopic (exact) mass is 266 g/mol. The molecule has 0 amide bonds. The quantitative estimate of drug-likeness (QED) is 0.531. The van der Waals surface area contributed by atoms with Crippen molar-refractivity contribution in [3.05, 3.63) is 33.9 Å². The zero-order chi connectivity index (χ0) is 14.0. The van der Waals surface area contributed by atoms with Gasteiger partial charge < -0.3 is 15.5 Å². The fraction of sp³-hybridized carbons (Fsp3) is 0.417. The minimum absolute atomic E-state index is 0.307. The van der Waals surface area contributed by atoms with E-state index in [2.05, 4.69) is 5.32 Å². The molecule has 0 aromatic heterocycles. The van der Waals surface area contributed by atoms with Gasteiger partial charge in [0.15, 0.2) is 0 Å². The molecule has 19 heavy (non-hydrogen) atoms. The Balaban J connectivity index is 2.11. The number of aliphatic hydroxyl groups excluding tert-OH is 1. The first-order valence-electron chi connectivity index (χ1n) is 5.92. The number of nitrogens with zero attached hydrogens (tertiary/aromatic N) is 1. The smallest absolute Gasteiger partial charge is 0.342 e. The summed E-state index contributed by atoms with van der Waals surface area (Å²) in [5.74, 6) is -1.04. The number of aromatic carboxylic acids is 1. The number of hydrogen-bond acceptors (Lipinski definition) is 5. The van der Waals surface area contributed by atoms with Crippen molar-refractivity contribution >= 4 is 17.3 Å². The van der Waals surface area contributed by atoms with E-state index in [0.717, 1.165) is 18.9 Å². The average molecular weight is 266 g/mol. The van der Waals surface area contributed by atoms with E-state index in [0.29, 0.717) is 18.2 Å². The Morgan fingerprint density at radius 2 is 2.21 bits per heavy atom. The zero-order valence-electron chi connectivity index (χ0n) is 10.1. The van der Waals surface area contributed by atoms with Gasteiger partial charge in [-0.25, -0.2) is 4.79 Å². The maximum Gasteiger partial charge on any atom is 0.342 e. The van der Waals surface area contributed by atoms with Crippen LogP contribution in [0.1, 0.15) is 23.2 Å². The summed E-state index contributed by atoms with van der Waals surface area (Å²) in [4.78, 5) is 20.9. The topological polar surface area (TPSA) is 113 Å². The van der Waals surface area contributed by atoms with Crippen LogP contribution < -0.4 is 5.32 Å². The van der Waals surface area contributed by atoms with Gasteiger partial charge in [0.1, 0.15) is 5.56 Å². The summed E-state index contributed by atoms with van der Waals surface area (Å²) in [6.45, 7) is 0.307. The van der Waals surface area contributed by atoms with Crippen LogP contribution in [-0.4, -0.2) is 33.8 Å². The van der Waals surface area contributed by atoms with Gasteiger partial charge in [-0.1, -0.05) is 0 Å². The number of carboxylic acid groups (broad SMARTS) is 1. The largest absolute Gasteiger partial charge is 0.477 e. The molecule has 1 unspecified atom stereocenters. The average Bonchev–Trinajstić information content (AvgIpc) is 3.19. The number of nitrogens with one attached hydrogen (secondary N) is 1. The number of aliphatic hydroxyl groups is 1. The molecule has 1 aromatic rings. The lowest BCUT2D eigenvalue weighted by molar-refractivity contribution is -0.385. The predicted octanol–water partition coefficient (Wildman–Crippen LogP) is 1.48. The first-order valence-corrected chi connectivity index (χ1v) is 5.92. The molecule has 102 valence electrons. The molecule has 1 aliphatic rings. The third-order valence-electron chi connectivity index (χ3n) is 3.11. The Kier molecular flexibility index (Phi) is 3.66. The van der Waals surface area contributed by atoms with Crippen LogP contribution in [0.25, 0.3) is 0 Å². The van der Waals surface area contributed by atoms with Crippen LogP contribution in [0, 0.1) is 16.0 Å². The van der Waals surface area contributed by atoms with Crippen LogP contribution >= 0.6 is 0 Å². The number of benzene rings is 1. The van der Waals surface area contributed by atoms with E-state index >= 15 is 0 Å². The third-order valence-corrected chi connectivity index (χ3v) is 3.11. The lowest BCUT2D eigenvalue weighted by atomic mass is 10.1. The van der Waals surface area contributed by atoms with Crippen molar-refractivity contribution in [1.82, 2.24) is 0 Å². The molecule has 1 aromatic carbocycles. The molecule has 0 heterocycles. The van der Waals surface area contributed by atoms with Gasteiger partial charge >= 0.3 is 5.97 Å². The second-order valence-electron chi connectivity index (χ2n) is 4.58. The van der Waals surface area contributed by atoms with Gasteiger partial charge in [-0.15, -0.1) is 0 Å². The molecule has 0 spiro atoms. The number of carboxylic acids is 1. The fourth-order valence-corrected chi connectivity index (χ4v) is 1.85. The van der Waals surface area contributed by atoms with Crippen molar-refractivity contribution in [2.45, 2.75) is 18.9 Å². The van der Waals surface area contributed by atoms with Gasteiger partial charge in [0.2, 0.25) is 0 Å². The number of anilines is 1. The summed E-state index contributed by atoms with van der Waals surface area (Å²) in [7, 11) is 0. The Morgan fingerprint density at radius 1 is 1.53 bits per heavy atom. The summed E-state index contributed by atoms with van der Waals surface area (Å²) in [5, 5.41) is 32.2. The molecule has 7 nitrogen and oxygen atoms in total. The van der Waals surface area contributed by atoms with Crippen LogP contribution in [0.2, 0.25) is 0 Å². The number of rotatable bonds is 6. The van der Waals surface area contributed by atoms with Gasteiger partial charge in [-0.3, -0.25) is 10.1 Å².